The largest absolute Gasteiger partial charge is 0.465 e. The van der Waals surface area contributed by atoms with E-state index in [1.54, 1.807) is 0 Å². The first kappa shape index (κ1) is 14.0. The predicted octanol–water partition coefficient (Wildman–Crippen LogP) is 2.86. The number of nitrogens with one attached hydrogen (secondary N) is 1. The molecule has 0 aromatic heterocycles. The third-order valence-corrected chi connectivity index (χ3v) is 1.94. The lowest BCUT2D eigenvalue weighted by Crippen LogP contribution is -2.22. The number of alkyl halides is 3. The van der Waals surface area contributed by atoms with E-state index in [1.165, 1.54) is 12.1 Å². The number of anilines is 1. The predicted molar refractivity (Wildman–Crippen MR) is 56.2 cm³/mol. The van der Waals surface area contributed by atoms with Crippen LogP contribution in [0.5, 0.6) is 0 Å². The maximum absolute atomic E-state index is 12.6. The Morgan fingerprint density at radius 1 is 1.28 bits per heavy atom. The van der Waals surface area contributed by atoms with E-state index in [2.05, 4.69) is 10.1 Å². The molecule has 0 atom stereocenters. The quantitative estimate of drug-likeness (QED) is 0.517. The number of rotatable bonds is 3. The fraction of sp³-hybridized carbons (Fsp3) is 0.182. The van der Waals surface area contributed by atoms with Crippen molar-refractivity contribution >= 4 is 11.7 Å². The second kappa shape index (κ2) is 5.52. The number of ether oxygens (including phenoxy) is 1. The van der Waals surface area contributed by atoms with E-state index in [0.29, 0.717) is 6.20 Å². The Morgan fingerprint density at radius 3 is 2.28 bits per heavy atom. The molecule has 3 nitrogen and oxygen atoms in total. The van der Waals surface area contributed by atoms with Gasteiger partial charge < -0.3 is 10.1 Å². The van der Waals surface area contributed by atoms with Crippen LogP contribution in [0.3, 0.4) is 0 Å². The SMILES string of the molecule is COC(=O)/C(=C\Nc1ccc(F)cc1)C(F)(F)F. The average Bonchev–Trinajstić information content (AvgIpc) is 2.29. The van der Waals surface area contributed by atoms with Gasteiger partial charge in [0.15, 0.2) is 5.57 Å². The normalized spacial score (nSPS) is 12.2. The summed E-state index contributed by atoms with van der Waals surface area (Å²) in [5.41, 5.74) is -1.27. The molecule has 0 heterocycles. The van der Waals surface area contributed by atoms with Crippen LogP contribution in [0.15, 0.2) is 36.0 Å². The minimum absolute atomic E-state index is 0.210. The molecule has 0 aliphatic carbocycles. The van der Waals surface area contributed by atoms with E-state index >= 15 is 0 Å². The molecule has 1 aromatic carbocycles. The molecule has 1 N–H and O–H groups in total. The summed E-state index contributed by atoms with van der Waals surface area (Å²) in [5.74, 6) is -2.02. The summed E-state index contributed by atoms with van der Waals surface area (Å²) in [5, 5.41) is 2.24. The van der Waals surface area contributed by atoms with Crippen molar-refractivity contribution in [2.75, 3.05) is 12.4 Å². The van der Waals surface area contributed by atoms with Gasteiger partial charge in [-0.15, -0.1) is 0 Å². The van der Waals surface area contributed by atoms with Crippen molar-refractivity contribution in [2.24, 2.45) is 0 Å². The first-order valence-electron chi connectivity index (χ1n) is 4.72. The van der Waals surface area contributed by atoms with Crippen molar-refractivity contribution in [1.82, 2.24) is 0 Å². The Balaban J connectivity index is 2.90. The molecule has 0 amide bonds. The molecule has 18 heavy (non-hydrogen) atoms. The van der Waals surface area contributed by atoms with Crippen molar-refractivity contribution in [3.8, 4) is 0 Å². The molecule has 0 radical (unpaired) electrons. The van der Waals surface area contributed by atoms with Crippen LogP contribution >= 0.6 is 0 Å². The molecule has 0 fully saturated rings. The van der Waals surface area contributed by atoms with E-state index in [4.69, 9.17) is 0 Å². The lowest BCUT2D eigenvalue weighted by molar-refractivity contribution is -0.148. The van der Waals surface area contributed by atoms with Gasteiger partial charge in [-0.1, -0.05) is 0 Å². The van der Waals surface area contributed by atoms with Gasteiger partial charge >= 0.3 is 12.1 Å². The molecule has 0 bridgehead atoms. The standard InChI is InChI=1S/C11H9F4NO2/c1-18-10(17)9(11(13,14)15)6-16-8-4-2-7(12)3-5-8/h2-6,16H,1H3/b9-6+. The van der Waals surface area contributed by atoms with Crippen LogP contribution < -0.4 is 5.32 Å². The lowest BCUT2D eigenvalue weighted by Gasteiger charge is -2.10. The fourth-order valence-corrected chi connectivity index (χ4v) is 1.07. The van der Waals surface area contributed by atoms with Crippen molar-refractivity contribution in [3.63, 3.8) is 0 Å². The van der Waals surface area contributed by atoms with Gasteiger partial charge in [0, 0.05) is 11.9 Å². The van der Waals surface area contributed by atoms with Gasteiger partial charge in [-0.2, -0.15) is 13.2 Å². The van der Waals surface area contributed by atoms with E-state index in [-0.39, 0.29) is 5.69 Å². The molecule has 0 unspecified atom stereocenters. The van der Waals surface area contributed by atoms with Crippen LogP contribution in [0.1, 0.15) is 0 Å². The van der Waals surface area contributed by atoms with Crippen LogP contribution in [0.2, 0.25) is 0 Å². The highest BCUT2D eigenvalue weighted by molar-refractivity contribution is 5.90. The molecule has 1 aromatic rings. The summed E-state index contributed by atoms with van der Waals surface area (Å²) in [7, 11) is 0.847. The number of benzene rings is 1. The highest BCUT2D eigenvalue weighted by atomic mass is 19.4. The number of carbonyl (C=O) groups is 1. The smallest absolute Gasteiger partial charge is 0.424 e. The number of methoxy groups -OCH3 is 1. The van der Waals surface area contributed by atoms with Crippen LogP contribution in [0.25, 0.3) is 0 Å². The highest BCUT2D eigenvalue weighted by Gasteiger charge is 2.39. The van der Waals surface area contributed by atoms with Gasteiger partial charge in [0.05, 0.1) is 7.11 Å². The van der Waals surface area contributed by atoms with Crippen LogP contribution in [-0.4, -0.2) is 19.3 Å². The van der Waals surface area contributed by atoms with Gasteiger partial charge in [-0.05, 0) is 24.3 Å². The molecule has 7 heteroatoms. The van der Waals surface area contributed by atoms with E-state index in [9.17, 15) is 22.4 Å². The molecular weight excluding hydrogens is 254 g/mol. The topological polar surface area (TPSA) is 38.3 Å². The van der Waals surface area contributed by atoms with Crippen molar-refractivity contribution in [3.05, 3.63) is 41.9 Å². The summed E-state index contributed by atoms with van der Waals surface area (Å²) >= 11 is 0. The molecule has 0 spiro atoms. The second-order valence-electron chi connectivity index (χ2n) is 3.20. The van der Waals surface area contributed by atoms with Gasteiger partial charge in [0.1, 0.15) is 5.82 Å². The monoisotopic (exact) mass is 263 g/mol. The maximum atomic E-state index is 12.6. The van der Waals surface area contributed by atoms with Crippen molar-refractivity contribution in [1.29, 1.82) is 0 Å². The van der Waals surface area contributed by atoms with Gasteiger partial charge in [0.25, 0.3) is 0 Å². The highest BCUT2D eigenvalue weighted by Crippen LogP contribution is 2.26. The lowest BCUT2D eigenvalue weighted by atomic mass is 10.2. The third-order valence-electron chi connectivity index (χ3n) is 1.94. The zero-order valence-electron chi connectivity index (χ0n) is 9.22. The summed E-state index contributed by atoms with van der Waals surface area (Å²) in [6.07, 6.45) is -4.36. The molecule has 0 saturated carbocycles. The molecule has 98 valence electrons. The Kier molecular flexibility index (Phi) is 4.30. The number of carbonyl (C=O) groups excluding carboxylic acids is 1. The maximum Gasteiger partial charge on any atom is 0.424 e. The number of hydrogen-bond acceptors (Lipinski definition) is 3. The summed E-state index contributed by atoms with van der Waals surface area (Å²) < 4.78 is 53.9. The molecule has 0 aliphatic heterocycles. The fourth-order valence-electron chi connectivity index (χ4n) is 1.07. The van der Waals surface area contributed by atoms with Crippen LogP contribution in [0.4, 0.5) is 23.2 Å². The minimum atomic E-state index is -4.83. The Hall–Kier alpha value is -2.05. The number of halogens is 4. The van der Waals surface area contributed by atoms with Gasteiger partial charge in [0.2, 0.25) is 0 Å². The molecule has 0 aliphatic rings. The Bertz CT molecular complexity index is 451. The third kappa shape index (κ3) is 3.76. The van der Waals surface area contributed by atoms with E-state index < -0.39 is 23.5 Å². The zero-order valence-corrected chi connectivity index (χ0v) is 9.22. The summed E-state index contributed by atoms with van der Waals surface area (Å²) in [6, 6.07) is 4.61. The first-order chi connectivity index (χ1) is 8.34. The van der Waals surface area contributed by atoms with Crippen molar-refractivity contribution in [2.45, 2.75) is 6.18 Å². The van der Waals surface area contributed by atoms with Crippen LogP contribution in [0, 0.1) is 5.82 Å². The first-order valence-corrected chi connectivity index (χ1v) is 4.72. The van der Waals surface area contributed by atoms with E-state index in [1.807, 2.05) is 0 Å². The summed E-state index contributed by atoms with van der Waals surface area (Å²) in [4.78, 5) is 10.9. The molecule has 0 saturated heterocycles. The van der Waals surface area contributed by atoms with E-state index in [0.717, 1.165) is 19.2 Å². The molecular formula is C11H9F4NO2. The zero-order chi connectivity index (χ0) is 13.8. The van der Waals surface area contributed by atoms with Gasteiger partial charge in [-0.3, -0.25) is 0 Å². The van der Waals surface area contributed by atoms with Crippen molar-refractivity contribution < 1.29 is 27.1 Å². The van der Waals surface area contributed by atoms with Gasteiger partial charge in [-0.25, -0.2) is 9.18 Å². The Labute approximate surface area is 100 Å². The molecule has 1 rings (SSSR count). The average molecular weight is 263 g/mol. The summed E-state index contributed by atoms with van der Waals surface area (Å²) in [6.45, 7) is 0. The van der Waals surface area contributed by atoms with Crippen LogP contribution in [-0.2, 0) is 9.53 Å². The number of esters is 1. The minimum Gasteiger partial charge on any atom is -0.465 e. The number of hydrogen-bond donors (Lipinski definition) is 1. The second-order valence-corrected chi connectivity index (χ2v) is 3.20. The Morgan fingerprint density at radius 2 is 1.83 bits per heavy atom.